The molecule has 1 aromatic heterocycles. The average molecular weight is 99.1 g/mol. The Morgan fingerprint density at radius 3 is 2.29 bits per heavy atom. The average Bonchev–Trinajstić information content (AvgIpc) is 2.14. The van der Waals surface area contributed by atoms with Crippen LogP contribution in [0.15, 0.2) is 12.4 Å². The molecule has 4 heteroatoms. The Hall–Kier alpha value is -0.900. The van der Waals surface area contributed by atoms with Crippen LogP contribution in [-0.2, 0) is 6.73 Å². The first kappa shape index (κ1) is 4.26. The van der Waals surface area contributed by atoms with E-state index in [2.05, 4.69) is 10.2 Å². The second-order valence-electron chi connectivity index (χ2n) is 1.04. The molecule has 0 aliphatic rings. The molecule has 0 amide bonds. The van der Waals surface area contributed by atoms with Gasteiger partial charge in [-0.05, 0) is 0 Å². The van der Waals surface area contributed by atoms with Gasteiger partial charge in [0.15, 0.2) is 6.73 Å². The number of hydrogen-bond donors (Lipinski definition) is 1. The molecule has 0 aliphatic carbocycles. The van der Waals surface area contributed by atoms with Crippen molar-refractivity contribution in [3.8, 4) is 0 Å². The summed E-state index contributed by atoms with van der Waals surface area (Å²) in [5.74, 6) is 0. The normalized spacial score (nSPS) is 9.29. The van der Waals surface area contributed by atoms with Crippen molar-refractivity contribution in [2.45, 2.75) is 6.73 Å². The van der Waals surface area contributed by atoms with E-state index in [0.717, 1.165) is 0 Å². The lowest BCUT2D eigenvalue weighted by Crippen LogP contribution is -1.99. The van der Waals surface area contributed by atoms with Gasteiger partial charge < -0.3 is 5.11 Å². The van der Waals surface area contributed by atoms with Gasteiger partial charge in [-0.15, -0.1) is 0 Å². The molecule has 0 bridgehead atoms. The van der Waals surface area contributed by atoms with Gasteiger partial charge in [-0.25, -0.2) is 0 Å². The monoisotopic (exact) mass is 99.0 g/mol. The molecule has 7 heavy (non-hydrogen) atoms. The SMILES string of the molecule is OCn1nccn1. The van der Waals surface area contributed by atoms with Gasteiger partial charge in [-0.1, -0.05) is 0 Å². The van der Waals surface area contributed by atoms with E-state index < -0.39 is 0 Å². The van der Waals surface area contributed by atoms with Gasteiger partial charge in [0.25, 0.3) is 0 Å². The van der Waals surface area contributed by atoms with Crippen LogP contribution in [0.3, 0.4) is 0 Å². The molecular weight excluding hydrogens is 94.1 g/mol. The zero-order valence-corrected chi connectivity index (χ0v) is 3.65. The van der Waals surface area contributed by atoms with Gasteiger partial charge in [-0.3, -0.25) is 0 Å². The maximum absolute atomic E-state index is 8.26. The van der Waals surface area contributed by atoms with Crippen LogP contribution in [-0.4, -0.2) is 20.1 Å². The molecule has 0 unspecified atom stereocenters. The van der Waals surface area contributed by atoms with Crippen molar-refractivity contribution in [1.82, 2.24) is 15.0 Å². The highest BCUT2D eigenvalue weighted by atomic mass is 16.3. The van der Waals surface area contributed by atoms with Crippen LogP contribution in [0, 0.1) is 0 Å². The summed E-state index contributed by atoms with van der Waals surface area (Å²) in [6.45, 7) is -0.146. The van der Waals surface area contributed by atoms with Gasteiger partial charge in [-0.2, -0.15) is 15.0 Å². The third-order valence-electron chi connectivity index (χ3n) is 0.593. The topological polar surface area (TPSA) is 50.9 Å². The molecule has 38 valence electrons. The summed E-state index contributed by atoms with van der Waals surface area (Å²) in [7, 11) is 0. The van der Waals surface area contributed by atoms with E-state index >= 15 is 0 Å². The molecule has 0 radical (unpaired) electrons. The first-order valence-corrected chi connectivity index (χ1v) is 1.88. The van der Waals surface area contributed by atoms with Crippen molar-refractivity contribution in [3.05, 3.63) is 12.4 Å². The Morgan fingerprint density at radius 2 is 2.00 bits per heavy atom. The van der Waals surface area contributed by atoms with Crippen LogP contribution < -0.4 is 0 Å². The molecule has 1 heterocycles. The van der Waals surface area contributed by atoms with E-state index in [1.807, 2.05) is 0 Å². The highest BCUT2D eigenvalue weighted by Gasteiger charge is 1.79. The lowest BCUT2D eigenvalue weighted by Gasteiger charge is -1.84. The van der Waals surface area contributed by atoms with Gasteiger partial charge in [0.1, 0.15) is 0 Å². The van der Waals surface area contributed by atoms with Crippen molar-refractivity contribution < 1.29 is 5.11 Å². The zero-order valence-electron chi connectivity index (χ0n) is 3.65. The number of hydrogen-bond acceptors (Lipinski definition) is 3. The van der Waals surface area contributed by atoms with Crippen LogP contribution in [0.2, 0.25) is 0 Å². The van der Waals surface area contributed by atoms with E-state index in [0.29, 0.717) is 0 Å². The molecule has 4 nitrogen and oxygen atoms in total. The molecule has 0 atom stereocenters. The van der Waals surface area contributed by atoms with Crippen LogP contribution in [0.1, 0.15) is 0 Å². The third-order valence-corrected chi connectivity index (χ3v) is 0.593. The maximum Gasteiger partial charge on any atom is 0.155 e. The summed E-state index contributed by atoms with van der Waals surface area (Å²) in [6, 6.07) is 0. The quantitative estimate of drug-likeness (QED) is 0.503. The van der Waals surface area contributed by atoms with Gasteiger partial charge >= 0.3 is 0 Å². The number of aliphatic hydroxyl groups is 1. The van der Waals surface area contributed by atoms with E-state index in [1.54, 1.807) is 0 Å². The molecule has 0 aliphatic heterocycles. The number of aliphatic hydroxyl groups excluding tert-OH is 1. The highest BCUT2D eigenvalue weighted by Crippen LogP contribution is 1.70. The molecule has 0 spiro atoms. The Bertz CT molecular complexity index is 125. The smallest absolute Gasteiger partial charge is 0.155 e. The van der Waals surface area contributed by atoms with E-state index in [-0.39, 0.29) is 6.73 Å². The summed E-state index contributed by atoms with van der Waals surface area (Å²) < 4.78 is 0. The maximum atomic E-state index is 8.26. The molecule has 0 fully saturated rings. The second kappa shape index (κ2) is 1.70. The first-order valence-electron chi connectivity index (χ1n) is 1.88. The highest BCUT2D eigenvalue weighted by molar-refractivity contribution is 4.58. The minimum Gasteiger partial charge on any atom is -0.373 e. The van der Waals surface area contributed by atoms with Crippen molar-refractivity contribution >= 4 is 0 Å². The summed E-state index contributed by atoms with van der Waals surface area (Å²) in [5.41, 5.74) is 0. The zero-order chi connectivity index (χ0) is 5.11. The minimum absolute atomic E-state index is 0.146. The van der Waals surface area contributed by atoms with E-state index in [9.17, 15) is 0 Å². The largest absolute Gasteiger partial charge is 0.373 e. The molecular formula is C3H5N3O. The van der Waals surface area contributed by atoms with Crippen molar-refractivity contribution in [2.75, 3.05) is 0 Å². The summed E-state index contributed by atoms with van der Waals surface area (Å²) in [4.78, 5) is 1.18. The lowest BCUT2D eigenvalue weighted by atomic mass is 11.0. The number of nitrogens with zero attached hydrogens (tertiary/aromatic N) is 3. The lowest BCUT2D eigenvalue weighted by molar-refractivity contribution is 0.178. The predicted molar refractivity (Wildman–Crippen MR) is 22.2 cm³/mol. The molecule has 0 aromatic carbocycles. The minimum atomic E-state index is -0.146. The number of rotatable bonds is 1. The number of aromatic nitrogens is 3. The fraction of sp³-hybridized carbons (Fsp3) is 0.333. The van der Waals surface area contributed by atoms with Crippen molar-refractivity contribution in [1.29, 1.82) is 0 Å². The van der Waals surface area contributed by atoms with Gasteiger partial charge in [0, 0.05) is 0 Å². The molecule has 0 saturated heterocycles. The predicted octanol–water partition coefficient (Wildman–Crippen LogP) is -0.772. The molecule has 0 saturated carbocycles. The Kier molecular flexibility index (Phi) is 1.04. The Labute approximate surface area is 40.4 Å². The molecule has 1 rings (SSSR count). The van der Waals surface area contributed by atoms with Crippen LogP contribution >= 0.6 is 0 Å². The summed E-state index contributed by atoms with van der Waals surface area (Å²) >= 11 is 0. The first-order chi connectivity index (χ1) is 3.43. The van der Waals surface area contributed by atoms with Gasteiger partial charge in [0.05, 0.1) is 12.4 Å². The fourth-order valence-electron chi connectivity index (χ4n) is 0.316. The van der Waals surface area contributed by atoms with E-state index in [4.69, 9.17) is 5.11 Å². The Balaban J connectivity index is 2.76. The van der Waals surface area contributed by atoms with Crippen LogP contribution in [0.25, 0.3) is 0 Å². The second-order valence-corrected chi connectivity index (χ2v) is 1.04. The Morgan fingerprint density at radius 1 is 1.43 bits per heavy atom. The van der Waals surface area contributed by atoms with Crippen LogP contribution in [0.4, 0.5) is 0 Å². The van der Waals surface area contributed by atoms with Crippen molar-refractivity contribution in [2.24, 2.45) is 0 Å². The summed E-state index contributed by atoms with van der Waals surface area (Å²) in [5, 5.41) is 15.4. The fourth-order valence-corrected chi connectivity index (χ4v) is 0.316. The van der Waals surface area contributed by atoms with Gasteiger partial charge in [0.2, 0.25) is 0 Å². The molecule has 1 N–H and O–H groups in total. The summed E-state index contributed by atoms with van der Waals surface area (Å²) in [6.07, 6.45) is 3.02. The molecule has 1 aromatic rings. The standard InChI is InChI=1S/C3H5N3O/c7-3-6-4-1-2-5-6/h1-2,7H,3H2. The van der Waals surface area contributed by atoms with E-state index in [1.165, 1.54) is 17.2 Å². The van der Waals surface area contributed by atoms with Crippen LogP contribution in [0.5, 0.6) is 0 Å². The third kappa shape index (κ3) is 0.747. The van der Waals surface area contributed by atoms with Crippen molar-refractivity contribution in [3.63, 3.8) is 0 Å².